The summed E-state index contributed by atoms with van der Waals surface area (Å²) in [5, 5.41) is 11.7. The van der Waals surface area contributed by atoms with Crippen LogP contribution in [0, 0.1) is 12.7 Å². The molecule has 0 bridgehead atoms. The number of esters is 1. The predicted octanol–water partition coefficient (Wildman–Crippen LogP) is 2.25. The van der Waals surface area contributed by atoms with Crippen molar-refractivity contribution in [2.24, 2.45) is 0 Å². The Kier molecular flexibility index (Phi) is 6.47. The van der Waals surface area contributed by atoms with Crippen LogP contribution in [-0.4, -0.2) is 63.2 Å². The van der Waals surface area contributed by atoms with Gasteiger partial charge in [0.15, 0.2) is 0 Å². The number of halogens is 2. The highest BCUT2D eigenvalue weighted by Crippen LogP contribution is 2.33. The van der Waals surface area contributed by atoms with Gasteiger partial charge in [-0.3, -0.25) is 4.79 Å². The molecule has 1 aliphatic rings. The van der Waals surface area contributed by atoms with Crippen molar-refractivity contribution in [1.82, 2.24) is 25.1 Å². The third-order valence-electron chi connectivity index (χ3n) is 4.86. The predicted molar refractivity (Wildman–Crippen MR) is 108 cm³/mol. The van der Waals surface area contributed by atoms with Gasteiger partial charge in [-0.15, -0.1) is 5.10 Å². The van der Waals surface area contributed by atoms with E-state index in [0.717, 1.165) is 0 Å². The first kappa shape index (κ1) is 21.9. The van der Waals surface area contributed by atoms with Crippen LogP contribution in [0.4, 0.5) is 4.39 Å². The molecule has 0 N–H and O–H groups in total. The van der Waals surface area contributed by atoms with Crippen LogP contribution in [0.1, 0.15) is 21.8 Å². The van der Waals surface area contributed by atoms with Gasteiger partial charge in [0, 0.05) is 13.1 Å². The minimum atomic E-state index is -0.781. The Morgan fingerprint density at radius 1 is 1.28 bits per heavy atom. The first-order valence-electron chi connectivity index (χ1n) is 9.76. The number of aryl methyl sites for hydroxylation is 1. The lowest BCUT2D eigenvalue weighted by Crippen LogP contribution is -2.42. The normalized spacial score (nSPS) is 13.9. The molecule has 1 saturated heterocycles. The molecule has 3 heterocycles. The molecule has 32 heavy (non-hydrogen) atoms. The minimum Gasteiger partial charge on any atom is -0.455 e. The van der Waals surface area contributed by atoms with Crippen LogP contribution >= 0.6 is 11.6 Å². The molecule has 1 fully saturated rings. The van der Waals surface area contributed by atoms with Crippen molar-refractivity contribution in [2.45, 2.75) is 20.1 Å². The molecule has 0 saturated carbocycles. The number of ether oxygens (including phenoxy) is 2. The number of amides is 1. The molecular formula is C20H19ClFN5O5. The third kappa shape index (κ3) is 4.63. The maximum atomic E-state index is 14.3. The molecule has 1 amide bonds. The number of carbonyl (C=O) groups excluding carboxylic acids is 2. The molecule has 12 heteroatoms. The molecule has 0 atom stereocenters. The second-order valence-electron chi connectivity index (χ2n) is 7.04. The smallest absolute Gasteiger partial charge is 0.344 e. The van der Waals surface area contributed by atoms with Gasteiger partial charge in [-0.2, -0.15) is 0 Å². The number of hydrogen-bond acceptors (Lipinski definition) is 8. The number of hydrogen-bond donors (Lipinski definition) is 0. The second kappa shape index (κ2) is 9.45. The van der Waals surface area contributed by atoms with Crippen molar-refractivity contribution in [3.05, 3.63) is 52.3 Å². The highest BCUT2D eigenvalue weighted by atomic mass is 35.5. The molecular weight excluding hydrogens is 445 g/mol. The average molecular weight is 464 g/mol. The fourth-order valence-corrected chi connectivity index (χ4v) is 3.50. The van der Waals surface area contributed by atoms with Crippen LogP contribution in [-0.2, 0) is 27.4 Å². The van der Waals surface area contributed by atoms with Crippen molar-refractivity contribution < 1.29 is 28.0 Å². The summed E-state index contributed by atoms with van der Waals surface area (Å²) in [5.41, 5.74) is 0.209. The summed E-state index contributed by atoms with van der Waals surface area (Å²) >= 11 is 6.09. The highest BCUT2D eigenvalue weighted by molar-refractivity contribution is 6.33. The van der Waals surface area contributed by atoms with E-state index in [1.54, 1.807) is 4.90 Å². The molecule has 2 aromatic heterocycles. The van der Waals surface area contributed by atoms with Crippen molar-refractivity contribution >= 4 is 23.5 Å². The zero-order valence-corrected chi connectivity index (χ0v) is 17.8. The van der Waals surface area contributed by atoms with Crippen molar-refractivity contribution in [3.63, 3.8) is 0 Å². The van der Waals surface area contributed by atoms with Crippen molar-refractivity contribution in [1.29, 1.82) is 0 Å². The molecule has 1 aromatic carbocycles. The fourth-order valence-electron chi connectivity index (χ4n) is 3.25. The fraction of sp³-hybridized carbons (Fsp3) is 0.350. The van der Waals surface area contributed by atoms with Gasteiger partial charge >= 0.3 is 5.97 Å². The zero-order chi connectivity index (χ0) is 22.7. The first-order valence-corrected chi connectivity index (χ1v) is 10.1. The zero-order valence-electron chi connectivity index (χ0n) is 17.1. The van der Waals surface area contributed by atoms with Gasteiger partial charge in [0.1, 0.15) is 41.7 Å². The minimum absolute atomic E-state index is 0.0155. The van der Waals surface area contributed by atoms with E-state index >= 15 is 0 Å². The Balaban J connectivity index is 1.42. The monoisotopic (exact) mass is 463 g/mol. The Morgan fingerprint density at radius 3 is 2.81 bits per heavy atom. The Labute approximate surface area is 186 Å². The third-order valence-corrected chi connectivity index (χ3v) is 5.18. The van der Waals surface area contributed by atoms with E-state index < -0.39 is 11.8 Å². The van der Waals surface area contributed by atoms with Gasteiger partial charge in [0.2, 0.25) is 5.91 Å². The number of benzene rings is 1. The molecule has 0 spiro atoms. The number of aromatic nitrogens is 4. The summed E-state index contributed by atoms with van der Waals surface area (Å²) < 4.78 is 31.3. The first-order chi connectivity index (χ1) is 15.4. The van der Waals surface area contributed by atoms with E-state index in [-0.39, 0.29) is 46.7 Å². The Bertz CT molecular complexity index is 1120. The molecule has 4 rings (SSSR count). The van der Waals surface area contributed by atoms with Crippen LogP contribution in [0.3, 0.4) is 0 Å². The Hall–Kier alpha value is -3.31. The number of carbonyl (C=O) groups is 2. The van der Waals surface area contributed by atoms with Gasteiger partial charge in [-0.1, -0.05) is 28.0 Å². The summed E-state index contributed by atoms with van der Waals surface area (Å²) in [4.78, 5) is 26.7. The van der Waals surface area contributed by atoms with E-state index in [4.69, 9.17) is 25.6 Å². The van der Waals surface area contributed by atoms with Crippen molar-refractivity contribution in [3.8, 4) is 11.3 Å². The summed E-state index contributed by atoms with van der Waals surface area (Å²) in [6.07, 6.45) is 1.51. The van der Waals surface area contributed by atoms with Gasteiger partial charge < -0.3 is 18.9 Å². The largest absolute Gasteiger partial charge is 0.455 e. The van der Waals surface area contributed by atoms with Crippen LogP contribution < -0.4 is 0 Å². The number of morpholine rings is 1. The van der Waals surface area contributed by atoms with Crippen LogP contribution in [0.15, 0.2) is 28.9 Å². The standard InChI is InChI=1S/C20H19ClFN5O5/c1-12-17(19(24-32-12)18-14(21)3-2-4-15(18)22)20(29)31-11-13-9-27(25-23-13)10-16(28)26-5-7-30-8-6-26/h2-4,9H,5-8,10-11H2,1H3. The lowest BCUT2D eigenvalue weighted by molar-refractivity contribution is -0.136. The number of nitrogens with zero attached hydrogens (tertiary/aromatic N) is 5. The van der Waals surface area contributed by atoms with Gasteiger partial charge in [-0.05, 0) is 19.1 Å². The van der Waals surface area contributed by atoms with E-state index in [2.05, 4.69) is 15.5 Å². The highest BCUT2D eigenvalue weighted by Gasteiger charge is 2.27. The molecule has 0 unspecified atom stereocenters. The topological polar surface area (TPSA) is 113 Å². The summed E-state index contributed by atoms with van der Waals surface area (Å²) in [6.45, 7) is 3.39. The molecule has 0 radical (unpaired) electrons. The lowest BCUT2D eigenvalue weighted by Gasteiger charge is -2.26. The average Bonchev–Trinajstić information content (AvgIpc) is 3.39. The summed E-state index contributed by atoms with van der Waals surface area (Å²) in [7, 11) is 0. The second-order valence-corrected chi connectivity index (χ2v) is 7.44. The van der Waals surface area contributed by atoms with Gasteiger partial charge in [0.25, 0.3) is 0 Å². The molecule has 1 aliphatic heterocycles. The molecule has 3 aromatic rings. The molecule has 10 nitrogen and oxygen atoms in total. The SMILES string of the molecule is Cc1onc(-c2c(F)cccc2Cl)c1C(=O)OCc1cn(CC(=O)N2CCOCC2)nn1. The van der Waals surface area contributed by atoms with E-state index in [0.29, 0.717) is 32.0 Å². The van der Waals surface area contributed by atoms with E-state index in [1.165, 1.54) is 36.0 Å². The maximum Gasteiger partial charge on any atom is 0.344 e. The number of rotatable bonds is 6. The van der Waals surface area contributed by atoms with E-state index in [9.17, 15) is 14.0 Å². The Morgan fingerprint density at radius 2 is 2.06 bits per heavy atom. The lowest BCUT2D eigenvalue weighted by atomic mass is 10.1. The van der Waals surface area contributed by atoms with Gasteiger partial charge in [0.05, 0.1) is 30.0 Å². The van der Waals surface area contributed by atoms with Gasteiger partial charge in [-0.25, -0.2) is 13.9 Å². The maximum absolute atomic E-state index is 14.3. The summed E-state index contributed by atoms with van der Waals surface area (Å²) in [6, 6.07) is 4.13. The summed E-state index contributed by atoms with van der Waals surface area (Å²) in [5.74, 6) is -1.37. The van der Waals surface area contributed by atoms with E-state index in [1.807, 2.05) is 0 Å². The van der Waals surface area contributed by atoms with Crippen LogP contribution in [0.2, 0.25) is 5.02 Å². The van der Waals surface area contributed by atoms with Crippen LogP contribution in [0.5, 0.6) is 0 Å². The quantitative estimate of drug-likeness (QED) is 0.511. The van der Waals surface area contributed by atoms with Crippen LogP contribution in [0.25, 0.3) is 11.3 Å². The van der Waals surface area contributed by atoms with Crippen molar-refractivity contribution in [2.75, 3.05) is 26.3 Å². The molecule has 0 aliphatic carbocycles. The molecule has 168 valence electrons.